The van der Waals surface area contributed by atoms with E-state index in [1.165, 1.54) is 0 Å². The highest BCUT2D eigenvalue weighted by atomic mass is 14.7. The summed E-state index contributed by atoms with van der Waals surface area (Å²) < 4.78 is 0. The lowest BCUT2D eigenvalue weighted by Gasteiger charge is -1.91. The van der Waals surface area contributed by atoms with Crippen molar-refractivity contribution in [3.8, 4) is 0 Å². The van der Waals surface area contributed by atoms with Gasteiger partial charge in [-0.25, -0.2) is 0 Å². The van der Waals surface area contributed by atoms with Gasteiger partial charge in [-0.1, -0.05) is 12.1 Å². The minimum Gasteiger partial charge on any atom is -0.398 e. The Morgan fingerprint density at radius 2 is 2.30 bits per heavy atom. The predicted molar refractivity (Wildman–Crippen MR) is 41.5 cm³/mol. The number of fused-ring (bicyclic) bond motifs is 1. The van der Waals surface area contributed by atoms with Crippen molar-refractivity contribution in [2.45, 2.75) is 0 Å². The number of hydrogen-bond acceptors (Lipinski definition) is 1. The zero-order valence-corrected chi connectivity index (χ0v) is 5.39. The number of nitrogen functional groups attached to an aromatic ring is 1. The van der Waals surface area contributed by atoms with Crippen LogP contribution in [0.3, 0.4) is 0 Å². The highest BCUT2D eigenvalue weighted by Gasteiger charge is 1.95. The molecule has 0 fully saturated rings. The van der Waals surface area contributed by atoms with Crippen LogP contribution in [0.5, 0.6) is 0 Å². The first-order valence-electron chi connectivity index (χ1n) is 3.11. The van der Waals surface area contributed by atoms with Crippen LogP contribution in [0, 0.1) is 6.20 Å². The van der Waals surface area contributed by atoms with E-state index in [1.807, 2.05) is 24.4 Å². The Hall–Kier alpha value is -1.44. The normalized spacial score (nSPS) is 10.4. The molecule has 1 aromatic heterocycles. The van der Waals surface area contributed by atoms with E-state index in [-0.39, 0.29) is 0 Å². The first-order valence-corrected chi connectivity index (χ1v) is 3.11. The van der Waals surface area contributed by atoms with Crippen LogP contribution in [0.15, 0.2) is 24.4 Å². The minimum atomic E-state index is 0.777. The van der Waals surface area contributed by atoms with E-state index < -0.39 is 0 Å². The first-order chi connectivity index (χ1) is 4.88. The molecular formula is C8H7N2. The Morgan fingerprint density at radius 1 is 1.40 bits per heavy atom. The molecule has 0 saturated heterocycles. The Balaban J connectivity index is 2.95. The van der Waals surface area contributed by atoms with E-state index in [0.717, 1.165) is 16.5 Å². The molecule has 10 heavy (non-hydrogen) atoms. The van der Waals surface area contributed by atoms with Crippen LogP contribution < -0.4 is 5.73 Å². The van der Waals surface area contributed by atoms with Crippen molar-refractivity contribution in [3.05, 3.63) is 30.6 Å². The zero-order chi connectivity index (χ0) is 6.97. The van der Waals surface area contributed by atoms with E-state index >= 15 is 0 Å². The van der Waals surface area contributed by atoms with Gasteiger partial charge in [-0.2, -0.15) is 0 Å². The summed E-state index contributed by atoms with van der Waals surface area (Å²) in [4.78, 5) is 2.87. The van der Waals surface area contributed by atoms with Crippen LogP contribution in [-0.2, 0) is 0 Å². The number of H-pyrrole nitrogens is 1. The lowest BCUT2D eigenvalue weighted by Crippen LogP contribution is -1.82. The third-order valence-corrected chi connectivity index (χ3v) is 1.55. The van der Waals surface area contributed by atoms with Gasteiger partial charge in [0.25, 0.3) is 0 Å². The molecule has 0 aliphatic carbocycles. The van der Waals surface area contributed by atoms with Crippen molar-refractivity contribution in [3.63, 3.8) is 0 Å². The molecule has 0 saturated carbocycles. The van der Waals surface area contributed by atoms with Gasteiger partial charge in [0.15, 0.2) is 0 Å². The van der Waals surface area contributed by atoms with Crippen molar-refractivity contribution in [1.29, 1.82) is 0 Å². The maximum absolute atomic E-state index is 5.65. The van der Waals surface area contributed by atoms with Gasteiger partial charge in [0.1, 0.15) is 0 Å². The molecule has 2 aromatic rings. The number of aromatic nitrogens is 1. The Morgan fingerprint density at radius 3 is 3.10 bits per heavy atom. The maximum Gasteiger partial charge on any atom is 0.0727 e. The molecule has 2 rings (SSSR count). The highest BCUT2D eigenvalue weighted by Crippen LogP contribution is 2.18. The number of anilines is 1. The van der Waals surface area contributed by atoms with E-state index in [4.69, 9.17) is 5.73 Å². The quantitative estimate of drug-likeness (QED) is 0.523. The van der Waals surface area contributed by atoms with Gasteiger partial charge in [-0.05, 0) is 6.07 Å². The topological polar surface area (TPSA) is 41.8 Å². The average molecular weight is 131 g/mol. The molecule has 1 aromatic carbocycles. The third-order valence-electron chi connectivity index (χ3n) is 1.55. The van der Waals surface area contributed by atoms with Crippen LogP contribution >= 0.6 is 0 Å². The van der Waals surface area contributed by atoms with Gasteiger partial charge in [0, 0.05) is 22.7 Å². The van der Waals surface area contributed by atoms with Gasteiger partial charge in [-0.3, -0.25) is 0 Å². The molecule has 3 N–H and O–H groups in total. The van der Waals surface area contributed by atoms with E-state index in [9.17, 15) is 0 Å². The number of benzene rings is 1. The molecule has 0 spiro atoms. The van der Waals surface area contributed by atoms with Crippen molar-refractivity contribution >= 4 is 16.5 Å². The number of nitrogens with one attached hydrogen (secondary N) is 1. The number of hydrogen-bond donors (Lipinski definition) is 2. The monoisotopic (exact) mass is 131 g/mol. The largest absolute Gasteiger partial charge is 0.398 e. The summed E-state index contributed by atoms with van der Waals surface area (Å²) in [6.07, 6.45) is 4.82. The zero-order valence-electron chi connectivity index (χ0n) is 5.39. The molecule has 2 nitrogen and oxygen atoms in total. The second-order valence-corrected chi connectivity index (χ2v) is 2.23. The van der Waals surface area contributed by atoms with Gasteiger partial charge in [0.05, 0.1) is 6.20 Å². The number of aromatic amines is 1. The lowest BCUT2D eigenvalue weighted by atomic mass is 10.2. The molecule has 1 heterocycles. The summed E-state index contributed by atoms with van der Waals surface area (Å²) in [6, 6.07) is 5.80. The molecule has 49 valence electrons. The van der Waals surface area contributed by atoms with Crippen LogP contribution in [0.1, 0.15) is 0 Å². The average Bonchev–Trinajstić information content (AvgIpc) is 2.36. The van der Waals surface area contributed by atoms with Crippen LogP contribution in [0.25, 0.3) is 10.8 Å². The smallest absolute Gasteiger partial charge is 0.0727 e. The molecular weight excluding hydrogens is 124 g/mol. The summed E-state index contributed by atoms with van der Waals surface area (Å²) in [6.45, 7) is 0. The molecule has 0 bridgehead atoms. The molecule has 0 unspecified atom stereocenters. The fourth-order valence-corrected chi connectivity index (χ4v) is 1.04. The van der Waals surface area contributed by atoms with Gasteiger partial charge in [0.2, 0.25) is 0 Å². The summed E-state index contributed by atoms with van der Waals surface area (Å²) in [5.74, 6) is 0. The van der Waals surface area contributed by atoms with Crippen molar-refractivity contribution < 1.29 is 0 Å². The van der Waals surface area contributed by atoms with Gasteiger partial charge < -0.3 is 10.7 Å². The first kappa shape index (κ1) is 5.35. The van der Waals surface area contributed by atoms with Crippen molar-refractivity contribution in [2.75, 3.05) is 5.73 Å². The van der Waals surface area contributed by atoms with Crippen LogP contribution in [0.2, 0.25) is 0 Å². The van der Waals surface area contributed by atoms with E-state index in [0.29, 0.717) is 0 Å². The summed E-state index contributed by atoms with van der Waals surface area (Å²) >= 11 is 0. The van der Waals surface area contributed by atoms with Crippen molar-refractivity contribution in [2.24, 2.45) is 0 Å². The summed E-state index contributed by atoms with van der Waals surface area (Å²) in [5.41, 5.74) is 6.43. The highest BCUT2D eigenvalue weighted by molar-refractivity contribution is 5.91. The predicted octanol–water partition coefficient (Wildman–Crippen LogP) is 1.55. The van der Waals surface area contributed by atoms with Gasteiger partial charge >= 0.3 is 0 Å². The molecule has 1 radical (unpaired) electrons. The van der Waals surface area contributed by atoms with Crippen molar-refractivity contribution in [1.82, 2.24) is 4.98 Å². The molecule has 0 aliphatic rings. The molecule has 0 aliphatic heterocycles. The molecule has 0 amide bonds. The SMILES string of the molecule is Nc1cccc2c[nH][c]c12. The van der Waals surface area contributed by atoms with E-state index in [2.05, 4.69) is 11.2 Å². The lowest BCUT2D eigenvalue weighted by molar-refractivity contribution is 1.41. The Bertz CT molecular complexity index is 349. The summed E-state index contributed by atoms with van der Waals surface area (Å²) in [5, 5.41) is 2.09. The van der Waals surface area contributed by atoms with Crippen LogP contribution in [-0.4, -0.2) is 4.98 Å². The number of rotatable bonds is 0. The second-order valence-electron chi connectivity index (χ2n) is 2.23. The molecule has 2 heteroatoms. The Kier molecular flexibility index (Phi) is 0.947. The Labute approximate surface area is 58.7 Å². The fourth-order valence-electron chi connectivity index (χ4n) is 1.04. The maximum atomic E-state index is 5.65. The summed E-state index contributed by atoms with van der Waals surface area (Å²) in [7, 11) is 0. The third kappa shape index (κ3) is 0.589. The minimum absolute atomic E-state index is 0.777. The number of nitrogens with two attached hydrogens (primary N) is 1. The van der Waals surface area contributed by atoms with E-state index in [1.54, 1.807) is 0 Å². The molecule has 0 atom stereocenters. The standard InChI is InChI=1S/C8H7N2/c9-8-3-1-2-6-4-10-5-7(6)8/h1-4,10H,9H2. The van der Waals surface area contributed by atoms with Crippen LogP contribution in [0.4, 0.5) is 5.69 Å². The van der Waals surface area contributed by atoms with Gasteiger partial charge in [-0.15, -0.1) is 0 Å². The fraction of sp³-hybridized carbons (Fsp3) is 0. The second kappa shape index (κ2) is 1.77.